The summed E-state index contributed by atoms with van der Waals surface area (Å²) >= 11 is 4.65. The fraction of sp³-hybridized carbons (Fsp3) is 0.211. The predicted molar refractivity (Wildman–Crippen MR) is 107 cm³/mol. The molecule has 1 unspecified atom stereocenters. The predicted octanol–water partition coefficient (Wildman–Crippen LogP) is 5.18. The third-order valence-electron chi connectivity index (χ3n) is 3.75. The van der Waals surface area contributed by atoms with Crippen molar-refractivity contribution >= 4 is 39.3 Å². The van der Waals surface area contributed by atoms with Gasteiger partial charge in [0, 0.05) is 15.7 Å². The molecule has 1 aromatic heterocycles. The Labute approximate surface area is 164 Å². The summed E-state index contributed by atoms with van der Waals surface area (Å²) in [6.45, 7) is 3.91. The minimum absolute atomic E-state index is 0.110. The minimum atomic E-state index is -0.364. The standard InChI is InChI=1S/C19H18BrN3O2S/c1-3-13-7-9-16(10-8-13)21-17(24)12(2)26-19-23-22-18(25-19)14-5-4-6-15(20)11-14/h4-12H,3H2,1-2H3,(H,21,24). The quantitative estimate of drug-likeness (QED) is 0.544. The molecule has 1 amide bonds. The summed E-state index contributed by atoms with van der Waals surface area (Å²) in [4.78, 5) is 12.4. The third-order valence-corrected chi connectivity index (χ3v) is 5.18. The molecule has 5 nitrogen and oxygen atoms in total. The SMILES string of the molecule is CCc1ccc(NC(=O)C(C)Sc2nnc(-c3cccc(Br)c3)o2)cc1. The maximum Gasteiger partial charge on any atom is 0.277 e. The summed E-state index contributed by atoms with van der Waals surface area (Å²) in [7, 11) is 0. The highest BCUT2D eigenvalue weighted by atomic mass is 79.9. The van der Waals surface area contributed by atoms with Crippen LogP contribution in [0.3, 0.4) is 0 Å². The smallest absolute Gasteiger partial charge is 0.277 e. The molecule has 7 heteroatoms. The molecule has 0 saturated carbocycles. The van der Waals surface area contributed by atoms with Gasteiger partial charge in [0.1, 0.15) is 0 Å². The van der Waals surface area contributed by atoms with Crippen LogP contribution in [0.5, 0.6) is 0 Å². The number of halogens is 1. The summed E-state index contributed by atoms with van der Waals surface area (Å²) < 4.78 is 6.60. The molecule has 0 spiro atoms. The van der Waals surface area contributed by atoms with E-state index in [4.69, 9.17) is 4.42 Å². The van der Waals surface area contributed by atoms with Crippen LogP contribution in [-0.2, 0) is 11.2 Å². The van der Waals surface area contributed by atoms with E-state index in [1.165, 1.54) is 17.3 Å². The second-order valence-electron chi connectivity index (χ2n) is 5.68. The van der Waals surface area contributed by atoms with Crippen molar-refractivity contribution < 1.29 is 9.21 Å². The van der Waals surface area contributed by atoms with Gasteiger partial charge in [-0.05, 0) is 49.2 Å². The van der Waals surface area contributed by atoms with Gasteiger partial charge in [-0.2, -0.15) is 0 Å². The summed E-state index contributed by atoms with van der Waals surface area (Å²) in [5, 5.41) is 11.0. The number of aryl methyl sites for hydroxylation is 1. The highest BCUT2D eigenvalue weighted by Crippen LogP contribution is 2.28. The number of amides is 1. The maximum absolute atomic E-state index is 12.4. The molecule has 0 aliphatic rings. The first-order chi connectivity index (χ1) is 12.5. The van der Waals surface area contributed by atoms with Crippen molar-refractivity contribution in [3.8, 4) is 11.5 Å². The van der Waals surface area contributed by atoms with E-state index in [9.17, 15) is 4.79 Å². The van der Waals surface area contributed by atoms with Crippen molar-refractivity contribution in [1.29, 1.82) is 0 Å². The van der Waals surface area contributed by atoms with Gasteiger partial charge in [-0.3, -0.25) is 4.79 Å². The lowest BCUT2D eigenvalue weighted by atomic mass is 10.1. The van der Waals surface area contributed by atoms with Crippen molar-refractivity contribution in [1.82, 2.24) is 10.2 Å². The molecule has 3 rings (SSSR count). The summed E-state index contributed by atoms with van der Waals surface area (Å²) in [5.74, 6) is 0.318. The molecule has 0 saturated heterocycles. The van der Waals surface area contributed by atoms with Crippen LogP contribution in [0, 0.1) is 0 Å². The first-order valence-electron chi connectivity index (χ1n) is 8.21. The average molecular weight is 432 g/mol. The normalized spacial score (nSPS) is 12.0. The Hall–Kier alpha value is -2.12. The monoisotopic (exact) mass is 431 g/mol. The van der Waals surface area contributed by atoms with Gasteiger partial charge in [0.05, 0.1) is 5.25 Å². The summed E-state index contributed by atoms with van der Waals surface area (Å²) in [5.41, 5.74) is 2.84. The van der Waals surface area contributed by atoms with Crippen molar-refractivity contribution in [3.05, 3.63) is 58.6 Å². The molecule has 134 valence electrons. The highest BCUT2D eigenvalue weighted by molar-refractivity contribution is 9.10. The van der Waals surface area contributed by atoms with Crippen LogP contribution in [0.25, 0.3) is 11.5 Å². The van der Waals surface area contributed by atoms with Gasteiger partial charge in [0.25, 0.3) is 5.22 Å². The summed E-state index contributed by atoms with van der Waals surface area (Å²) in [6.07, 6.45) is 0.970. The maximum atomic E-state index is 12.4. The molecule has 0 radical (unpaired) electrons. The van der Waals surface area contributed by atoms with E-state index in [0.29, 0.717) is 11.1 Å². The van der Waals surface area contributed by atoms with Gasteiger partial charge < -0.3 is 9.73 Å². The molecule has 2 aromatic carbocycles. The van der Waals surface area contributed by atoms with E-state index >= 15 is 0 Å². The molecular formula is C19H18BrN3O2S. The Kier molecular flexibility index (Phi) is 6.11. The molecule has 0 bridgehead atoms. The lowest BCUT2D eigenvalue weighted by Crippen LogP contribution is -2.22. The molecule has 3 aromatic rings. The number of nitrogens with one attached hydrogen (secondary N) is 1. The number of anilines is 1. The zero-order chi connectivity index (χ0) is 18.5. The lowest BCUT2D eigenvalue weighted by Gasteiger charge is -2.10. The van der Waals surface area contributed by atoms with E-state index in [2.05, 4.69) is 38.4 Å². The van der Waals surface area contributed by atoms with Gasteiger partial charge >= 0.3 is 0 Å². The number of rotatable bonds is 6. The first kappa shape index (κ1) is 18.7. The molecule has 26 heavy (non-hydrogen) atoms. The Bertz CT molecular complexity index is 896. The number of hydrogen-bond donors (Lipinski definition) is 1. The molecule has 1 N–H and O–H groups in total. The van der Waals surface area contributed by atoms with Crippen LogP contribution in [0.2, 0.25) is 0 Å². The van der Waals surface area contributed by atoms with Crippen LogP contribution < -0.4 is 5.32 Å². The van der Waals surface area contributed by atoms with Crippen LogP contribution in [0.1, 0.15) is 19.4 Å². The lowest BCUT2D eigenvalue weighted by molar-refractivity contribution is -0.115. The number of hydrogen-bond acceptors (Lipinski definition) is 5. The Morgan fingerprint density at radius 2 is 2.00 bits per heavy atom. The fourth-order valence-corrected chi connectivity index (χ4v) is 3.35. The second-order valence-corrected chi connectivity index (χ2v) is 7.89. The van der Waals surface area contributed by atoms with E-state index in [1.54, 1.807) is 0 Å². The highest BCUT2D eigenvalue weighted by Gasteiger charge is 2.19. The van der Waals surface area contributed by atoms with Gasteiger partial charge in [-0.1, -0.05) is 52.8 Å². The van der Waals surface area contributed by atoms with Crippen molar-refractivity contribution in [2.24, 2.45) is 0 Å². The van der Waals surface area contributed by atoms with Crippen LogP contribution in [0.15, 0.2) is 62.6 Å². The van der Waals surface area contributed by atoms with E-state index in [1.807, 2.05) is 55.5 Å². The number of thioether (sulfide) groups is 1. The second kappa shape index (κ2) is 8.51. The molecular weight excluding hydrogens is 414 g/mol. The van der Waals surface area contributed by atoms with Crippen LogP contribution in [0.4, 0.5) is 5.69 Å². The number of aromatic nitrogens is 2. The zero-order valence-electron chi connectivity index (χ0n) is 14.4. The van der Waals surface area contributed by atoms with Gasteiger partial charge in [-0.15, -0.1) is 10.2 Å². The van der Waals surface area contributed by atoms with Gasteiger partial charge in [0.15, 0.2) is 0 Å². The van der Waals surface area contributed by atoms with Crippen molar-refractivity contribution in [2.75, 3.05) is 5.32 Å². The summed E-state index contributed by atoms with van der Waals surface area (Å²) in [6, 6.07) is 15.5. The van der Waals surface area contributed by atoms with Crippen LogP contribution in [-0.4, -0.2) is 21.4 Å². The molecule has 1 atom stereocenters. The first-order valence-corrected chi connectivity index (χ1v) is 9.88. The van der Waals surface area contributed by atoms with Gasteiger partial charge in [-0.25, -0.2) is 0 Å². The molecule has 0 aliphatic heterocycles. The number of carbonyl (C=O) groups is 1. The average Bonchev–Trinajstić information content (AvgIpc) is 3.11. The minimum Gasteiger partial charge on any atom is -0.411 e. The molecule has 1 heterocycles. The van der Waals surface area contributed by atoms with Crippen molar-refractivity contribution in [2.45, 2.75) is 30.7 Å². The third kappa shape index (κ3) is 4.74. The van der Waals surface area contributed by atoms with Gasteiger partial charge in [0.2, 0.25) is 11.8 Å². The number of carbonyl (C=O) groups excluding carboxylic acids is 1. The largest absolute Gasteiger partial charge is 0.411 e. The van der Waals surface area contributed by atoms with Crippen LogP contribution >= 0.6 is 27.7 Å². The number of nitrogens with zero attached hydrogens (tertiary/aromatic N) is 2. The topological polar surface area (TPSA) is 68.0 Å². The Balaban J connectivity index is 1.62. The fourth-order valence-electron chi connectivity index (χ4n) is 2.27. The van der Waals surface area contributed by atoms with E-state index < -0.39 is 0 Å². The van der Waals surface area contributed by atoms with E-state index in [0.717, 1.165) is 22.1 Å². The Morgan fingerprint density at radius 3 is 2.69 bits per heavy atom. The Morgan fingerprint density at radius 1 is 1.23 bits per heavy atom. The van der Waals surface area contributed by atoms with E-state index in [-0.39, 0.29) is 11.2 Å². The van der Waals surface area contributed by atoms with Crippen molar-refractivity contribution in [3.63, 3.8) is 0 Å². The number of benzene rings is 2. The molecule has 0 aliphatic carbocycles. The zero-order valence-corrected chi connectivity index (χ0v) is 16.8. The molecule has 0 fully saturated rings.